The molecule has 5 heteroatoms. The van der Waals surface area contributed by atoms with Gasteiger partial charge in [-0.25, -0.2) is 0 Å². The van der Waals surface area contributed by atoms with Crippen molar-refractivity contribution in [3.8, 4) is 0 Å². The number of benzene rings is 1. The zero-order valence-electron chi connectivity index (χ0n) is 13.1. The summed E-state index contributed by atoms with van der Waals surface area (Å²) in [6.07, 6.45) is 4.61. The molecule has 1 atom stereocenters. The van der Waals surface area contributed by atoms with Gasteiger partial charge in [0.25, 0.3) is 5.91 Å². The lowest BCUT2D eigenvalue weighted by Gasteiger charge is -2.11. The second kappa shape index (κ2) is 8.54. The molecule has 120 valence electrons. The summed E-state index contributed by atoms with van der Waals surface area (Å²) in [4.78, 5) is 23.7. The SMILES string of the molecule is CCCCC(=O)Nc1ccc(C(=O)NC[C@H]2CCCO2)cc1. The number of ether oxygens (including phenoxy) is 1. The molecule has 1 heterocycles. The molecule has 5 nitrogen and oxygen atoms in total. The lowest BCUT2D eigenvalue weighted by molar-refractivity contribution is -0.116. The van der Waals surface area contributed by atoms with Crippen LogP contribution in [0, 0.1) is 0 Å². The maximum atomic E-state index is 12.0. The zero-order chi connectivity index (χ0) is 15.8. The topological polar surface area (TPSA) is 67.4 Å². The van der Waals surface area contributed by atoms with Crippen molar-refractivity contribution in [1.82, 2.24) is 5.32 Å². The highest BCUT2D eigenvalue weighted by atomic mass is 16.5. The fraction of sp³-hybridized carbons (Fsp3) is 0.529. The first-order valence-corrected chi connectivity index (χ1v) is 7.98. The highest BCUT2D eigenvalue weighted by Crippen LogP contribution is 2.12. The second-order valence-corrected chi connectivity index (χ2v) is 5.57. The van der Waals surface area contributed by atoms with Crippen LogP contribution < -0.4 is 10.6 Å². The maximum absolute atomic E-state index is 12.0. The molecule has 1 aliphatic rings. The first-order valence-electron chi connectivity index (χ1n) is 7.98. The van der Waals surface area contributed by atoms with Gasteiger partial charge in [0.15, 0.2) is 0 Å². The molecular formula is C17H24N2O3. The maximum Gasteiger partial charge on any atom is 0.251 e. The van der Waals surface area contributed by atoms with Gasteiger partial charge in [0, 0.05) is 30.8 Å². The molecular weight excluding hydrogens is 280 g/mol. The van der Waals surface area contributed by atoms with E-state index in [0.29, 0.717) is 18.5 Å². The molecule has 2 N–H and O–H groups in total. The number of unbranched alkanes of at least 4 members (excludes halogenated alkanes) is 1. The summed E-state index contributed by atoms with van der Waals surface area (Å²) in [7, 11) is 0. The quantitative estimate of drug-likeness (QED) is 0.814. The van der Waals surface area contributed by atoms with Crippen molar-refractivity contribution in [1.29, 1.82) is 0 Å². The van der Waals surface area contributed by atoms with Crippen molar-refractivity contribution >= 4 is 17.5 Å². The third kappa shape index (κ3) is 5.15. The normalized spacial score (nSPS) is 17.2. The molecule has 22 heavy (non-hydrogen) atoms. The van der Waals surface area contributed by atoms with Crippen LogP contribution in [0.15, 0.2) is 24.3 Å². The standard InChI is InChI=1S/C17H24N2O3/c1-2-3-6-16(20)19-14-9-7-13(8-10-14)17(21)18-12-15-5-4-11-22-15/h7-10,15H,2-6,11-12H2,1H3,(H,18,21)(H,19,20)/t15-/m1/s1. The molecule has 1 aromatic rings. The van der Waals surface area contributed by atoms with Crippen LogP contribution in [0.1, 0.15) is 49.4 Å². The van der Waals surface area contributed by atoms with Crippen LogP contribution in [0.3, 0.4) is 0 Å². The van der Waals surface area contributed by atoms with E-state index < -0.39 is 0 Å². The monoisotopic (exact) mass is 304 g/mol. The van der Waals surface area contributed by atoms with Crippen LogP contribution >= 0.6 is 0 Å². The molecule has 1 aliphatic heterocycles. The Balaban J connectivity index is 1.79. The van der Waals surface area contributed by atoms with Crippen LogP contribution in [0.5, 0.6) is 0 Å². The summed E-state index contributed by atoms with van der Waals surface area (Å²) < 4.78 is 5.47. The van der Waals surface area contributed by atoms with Crippen LogP contribution in [-0.4, -0.2) is 31.1 Å². The van der Waals surface area contributed by atoms with E-state index in [0.717, 1.165) is 38.0 Å². The van der Waals surface area contributed by atoms with Crippen molar-refractivity contribution < 1.29 is 14.3 Å². The minimum absolute atomic E-state index is 0.0115. The van der Waals surface area contributed by atoms with E-state index in [9.17, 15) is 9.59 Å². The van der Waals surface area contributed by atoms with Gasteiger partial charge in [0.1, 0.15) is 0 Å². The molecule has 1 fully saturated rings. The Morgan fingerprint density at radius 1 is 1.27 bits per heavy atom. The van der Waals surface area contributed by atoms with Gasteiger partial charge in [0.2, 0.25) is 5.91 Å². The first kappa shape index (κ1) is 16.5. The Labute approximate surface area is 131 Å². The molecule has 0 spiro atoms. The van der Waals surface area contributed by atoms with E-state index in [4.69, 9.17) is 4.74 Å². The Kier molecular flexibility index (Phi) is 6.40. The van der Waals surface area contributed by atoms with Crippen LogP contribution in [0.25, 0.3) is 0 Å². The lowest BCUT2D eigenvalue weighted by Crippen LogP contribution is -2.31. The Morgan fingerprint density at radius 3 is 2.68 bits per heavy atom. The number of amides is 2. The number of nitrogens with one attached hydrogen (secondary N) is 2. The molecule has 0 radical (unpaired) electrons. The van der Waals surface area contributed by atoms with Gasteiger partial charge in [-0.15, -0.1) is 0 Å². The van der Waals surface area contributed by atoms with Gasteiger partial charge < -0.3 is 15.4 Å². The number of rotatable bonds is 7. The highest BCUT2D eigenvalue weighted by molar-refractivity contribution is 5.95. The molecule has 0 bridgehead atoms. The Morgan fingerprint density at radius 2 is 2.05 bits per heavy atom. The summed E-state index contributed by atoms with van der Waals surface area (Å²) in [6.45, 7) is 3.39. The average Bonchev–Trinajstić information content (AvgIpc) is 3.05. The van der Waals surface area contributed by atoms with Gasteiger partial charge >= 0.3 is 0 Å². The van der Waals surface area contributed by atoms with Crippen LogP contribution in [0.4, 0.5) is 5.69 Å². The summed E-state index contributed by atoms with van der Waals surface area (Å²) >= 11 is 0. The highest BCUT2D eigenvalue weighted by Gasteiger charge is 2.16. The van der Waals surface area contributed by atoms with Gasteiger partial charge in [-0.05, 0) is 43.5 Å². The number of carbonyl (C=O) groups excluding carboxylic acids is 2. The number of carbonyl (C=O) groups is 2. The largest absolute Gasteiger partial charge is 0.376 e. The molecule has 1 aromatic carbocycles. The van der Waals surface area contributed by atoms with Crippen molar-refractivity contribution in [2.24, 2.45) is 0 Å². The Hall–Kier alpha value is -1.88. The smallest absolute Gasteiger partial charge is 0.251 e. The zero-order valence-corrected chi connectivity index (χ0v) is 13.1. The molecule has 0 saturated carbocycles. The number of hydrogen-bond donors (Lipinski definition) is 2. The van der Waals surface area contributed by atoms with Crippen LogP contribution in [0.2, 0.25) is 0 Å². The van der Waals surface area contributed by atoms with Gasteiger partial charge in [-0.1, -0.05) is 13.3 Å². The molecule has 2 rings (SSSR count). The number of anilines is 1. The average molecular weight is 304 g/mol. The predicted molar refractivity (Wildman–Crippen MR) is 85.9 cm³/mol. The summed E-state index contributed by atoms with van der Waals surface area (Å²) in [6, 6.07) is 6.95. The molecule has 0 aliphatic carbocycles. The van der Waals surface area contributed by atoms with Gasteiger partial charge in [0.05, 0.1) is 6.10 Å². The van der Waals surface area contributed by atoms with Gasteiger partial charge in [-0.3, -0.25) is 9.59 Å². The first-order chi connectivity index (χ1) is 10.7. The second-order valence-electron chi connectivity index (χ2n) is 5.57. The van der Waals surface area contributed by atoms with E-state index in [1.54, 1.807) is 24.3 Å². The molecule has 0 aromatic heterocycles. The van der Waals surface area contributed by atoms with Crippen molar-refractivity contribution in [2.45, 2.75) is 45.1 Å². The van der Waals surface area contributed by atoms with E-state index in [1.807, 2.05) is 0 Å². The van der Waals surface area contributed by atoms with E-state index in [2.05, 4.69) is 17.6 Å². The van der Waals surface area contributed by atoms with E-state index in [-0.39, 0.29) is 17.9 Å². The molecule has 0 unspecified atom stereocenters. The summed E-state index contributed by atoms with van der Waals surface area (Å²) in [5.41, 5.74) is 1.31. The third-order valence-electron chi connectivity index (χ3n) is 3.70. The Bertz CT molecular complexity index is 493. The lowest BCUT2D eigenvalue weighted by atomic mass is 10.1. The minimum Gasteiger partial charge on any atom is -0.376 e. The molecule has 2 amide bonds. The fourth-order valence-corrected chi connectivity index (χ4v) is 2.38. The summed E-state index contributed by atoms with van der Waals surface area (Å²) in [5.74, 6) is -0.100. The van der Waals surface area contributed by atoms with Crippen LogP contribution in [-0.2, 0) is 9.53 Å². The van der Waals surface area contributed by atoms with Crippen molar-refractivity contribution in [2.75, 3.05) is 18.5 Å². The summed E-state index contributed by atoms with van der Waals surface area (Å²) in [5, 5.41) is 5.71. The fourth-order valence-electron chi connectivity index (χ4n) is 2.38. The van der Waals surface area contributed by atoms with E-state index >= 15 is 0 Å². The van der Waals surface area contributed by atoms with Crippen molar-refractivity contribution in [3.05, 3.63) is 29.8 Å². The third-order valence-corrected chi connectivity index (χ3v) is 3.70. The minimum atomic E-state index is -0.112. The van der Waals surface area contributed by atoms with Crippen molar-refractivity contribution in [3.63, 3.8) is 0 Å². The van der Waals surface area contributed by atoms with Gasteiger partial charge in [-0.2, -0.15) is 0 Å². The molecule has 1 saturated heterocycles. The number of hydrogen-bond acceptors (Lipinski definition) is 3. The predicted octanol–water partition coefficient (Wildman–Crippen LogP) is 2.72. The van der Waals surface area contributed by atoms with E-state index in [1.165, 1.54) is 0 Å².